The van der Waals surface area contributed by atoms with E-state index < -0.39 is 0 Å². The number of benzene rings is 10. The summed E-state index contributed by atoms with van der Waals surface area (Å²) >= 11 is 0. The molecule has 0 saturated heterocycles. The molecule has 0 spiro atoms. The van der Waals surface area contributed by atoms with Gasteiger partial charge in [-0.25, -0.2) is 0 Å². The Morgan fingerprint density at radius 2 is 0.784 bits per heavy atom. The summed E-state index contributed by atoms with van der Waals surface area (Å²) in [6, 6.07) is 66.4. The summed E-state index contributed by atoms with van der Waals surface area (Å²) in [6.07, 6.45) is 0. The first-order valence-electron chi connectivity index (χ1n) is 17.6. The average Bonchev–Trinajstić information content (AvgIpc) is 3.58. The fraction of sp³-hybridized carbons (Fsp3) is 0. The molecule has 11 rings (SSSR count). The number of fused-ring (bicyclic) bond motifs is 9. The van der Waals surface area contributed by atoms with Crippen molar-refractivity contribution >= 4 is 75.8 Å². The maximum atomic E-state index is 6.39. The van der Waals surface area contributed by atoms with Gasteiger partial charge in [0, 0.05) is 16.2 Å². The third-order valence-corrected chi connectivity index (χ3v) is 10.8. The second-order valence-electron chi connectivity index (χ2n) is 13.6. The molecule has 0 atom stereocenters. The highest BCUT2D eigenvalue weighted by molar-refractivity contribution is 6.24. The van der Waals surface area contributed by atoms with E-state index in [9.17, 15) is 0 Å². The number of hydrogen-bond acceptors (Lipinski definition) is 1. The van der Waals surface area contributed by atoms with Crippen LogP contribution in [0.2, 0.25) is 0 Å². The minimum absolute atomic E-state index is 0.918. The van der Waals surface area contributed by atoms with Crippen LogP contribution in [-0.4, -0.2) is 0 Å². The summed E-state index contributed by atoms with van der Waals surface area (Å²) < 4.78 is 6.39. The summed E-state index contributed by atoms with van der Waals surface area (Å²) in [7, 11) is 0. The molecule has 0 unspecified atom stereocenters. The van der Waals surface area contributed by atoms with Gasteiger partial charge in [0.2, 0.25) is 0 Å². The lowest BCUT2D eigenvalue weighted by molar-refractivity contribution is 0.672. The molecule has 1 nitrogen and oxygen atoms in total. The second kappa shape index (κ2) is 10.9. The lowest BCUT2D eigenvalue weighted by Gasteiger charge is -2.19. The van der Waals surface area contributed by atoms with Gasteiger partial charge in [-0.15, -0.1) is 0 Å². The van der Waals surface area contributed by atoms with Crippen molar-refractivity contribution in [2.45, 2.75) is 0 Å². The minimum atomic E-state index is 0.918. The molecular formula is C50H30O. The Hall–Kier alpha value is -6.70. The molecule has 0 aliphatic heterocycles. The van der Waals surface area contributed by atoms with E-state index in [1.165, 1.54) is 81.9 Å². The molecule has 0 fully saturated rings. The minimum Gasteiger partial charge on any atom is -0.455 e. The summed E-state index contributed by atoms with van der Waals surface area (Å²) in [5.41, 5.74) is 9.33. The fourth-order valence-electron chi connectivity index (χ4n) is 8.44. The van der Waals surface area contributed by atoms with Gasteiger partial charge < -0.3 is 4.42 Å². The van der Waals surface area contributed by atoms with Crippen LogP contribution in [-0.2, 0) is 0 Å². The van der Waals surface area contributed by atoms with Gasteiger partial charge >= 0.3 is 0 Å². The van der Waals surface area contributed by atoms with E-state index in [-0.39, 0.29) is 0 Å². The Labute approximate surface area is 294 Å². The standard InChI is InChI=1S/C50H30O/c1-3-13-38-31(10-1)12-9-19-40(38)49-43-17-7-5-15-41(43)48(42-16-6-8-18-44(42)49)37-23-22-33-28-34(20-21-35(33)29-37)36-25-27-47-46(30-36)45-26-24-32-11-2-4-14-39(32)50(45)51-47/h1-30H. The van der Waals surface area contributed by atoms with Crippen LogP contribution in [0, 0.1) is 0 Å². The SMILES string of the molecule is c1ccc2c(-c3c4ccccc4c(-c4ccc5cc(-c6ccc7oc8c9ccccc9ccc8c7c6)ccc5c4)c4ccccc34)cccc2c1. The van der Waals surface area contributed by atoms with E-state index in [1.807, 2.05) is 0 Å². The molecule has 0 aliphatic carbocycles. The third-order valence-electron chi connectivity index (χ3n) is 10.8. The van der Waals surface area contributed by atoms with Gasteiger partial charge in [-0.05, 0) is 112 Å². The van der Waals surface area contributed by atoms with E-state index in [1.54, 1.807) is 0 Å². The van der Waals surface area contributed by atoms with Gasteiger partial charge in [-0.1, -0.05) is 152 Å². The Kier molecular flexibility index (Phi) is 6.02. The van der Waals surface area contributed by atoms with Crippen molar-refractivity contribution in [3.05, 3.63) is 182 Å². The molecule has 0 N–H and O–H groups in total. The molecule has 51 heavy (non-hydrogen) atoms. The largest absolute Gasteiger partial charge is 0.455 e. The van der Waals surface area contributed by atoms with Crippen molar-refractivity contribution in [2.75, 3.05) is 0 Å². The molecule has 10 aromatic carbocycles. The topological polar surface area (TPSA) is 13.1 Å². The van der Waals surface area contributed by atoms with Crippen LogP contribution in [0.4, 0.5) is 0 Å². The fourth-order valence-corrected chi connectivity index (χ4v) is 8.44. The molecule has 1 heterocycles. The van der Waals surface area contributed by atoms with E-state index in [0.29, 0.717) is 0 Å². The summed E-state index contributed by atoms with van der Waals surface area (Å²) in [4.78, 5) is 0. The van der Waals surface area contributed by atoms with E-state index in [0.717, 1.165) is 27.3 Å². The molecule has 0 aliphatic rings. The van der Waals surface area contributed by atoms with Crippen molar-refractivity contribution in [3.63, 3.8) is 0 Å². The second-order valence-corrected chi connectivity index (χ2v) is 13.6. The monoisotopic (exact) mass is 646 g/mol. The Morgan fingerprint density at radius 1 is 0.275 bits per heavy atom. The molecule has 1 aromatic heterocycles. The van der Waals surface area contributed by atoms with Crippen molar-refractivity contribution in [1.29, 1.82) is 0 Å². The van der Waals surface area contributed by atoms with Crippen LogP contribution in [0.15, 0.2) is 186 Å². The molecule has 0 bridgehead atoms. The zero-order chi connectivity index (χ0) is 33.5. The first-order chi connectivity index (χ1) is 25.3. The van der Waals surface area contributed by atoms with Gasteiger partial charge in [0.25, 0.3) is 0 Å². The highest BCUT2D eigenvalue weighted by atomic mass is 16.3. The van der Waals surface area contributed by atoms with Gasteiger partial charge in [0.15, 0.2) is 0 Å². The van der Waals surface area contributed by atoms with Gasteiger partial charge in [-0.3, -0.25) is 0 Å². The number of furan rings is 1. The third kappa shape index (κ3) is 4.28. The molecule has 0 saturated carbocycles. The van der Waals surface area contributed by atoms with E-state index in [4.69, 9.17) is 4.42 Å². The molecular weight excluding hydrogens is 617 g/mol. The Balaban J connectivity index is 1.07. The smallest absolute Gasteiger partial charge is 0.143 e. The van der Waals surface area contributed by atoms with Crippen molar-refractivity contribution in [2.24, 2.45) is 0 Å². The lowest BCUT2D eigenvalue weighted by Crippen LogP contribution is -1.91. The predicted molar refractivity (Wildman–Crippen MR) is 218 cm³/mol. The maximum Gasteiger partial charge on any atom is 0.143 e. The van der Waals surface area contributed by atoms with Crippen molar-refractivity contribution in [1.82, 2.24) is 0 Å². The van der Waals surface area contributed by atoms with Crippen LogP contribution in [0.1, 0.15) is 0 Å². The molecule has 0 radical (unpaired) electrons. The quantitative estimate of drug-likeness (QED) is 0.174. The van der Waals surface area contributed by atoms with Crippen LogP contribution in [0.5, 0.6) is 0 Å². The van der Waals surface area contributed by atoms with Crippen LogP contribution < -0.4 is 0 Å². The molecule has 1 heteroatoms. The molecule has 11 aromatic rings. The highest BCUT2D eigenvalue weighted by Crippen LogP contribution is 2.46. The predicted octanol–water partition coefficient (Wildman–Crippen LogP) is 14.4. The van der Waals surface area contributed by atoms with Crippen molar-refractivity contribution in [3.8, 4) is 33.4 Å². The first kappa shape index (κ1) is 28.2. The van der Waals surface area contributed by atoms with E-state index >= 15 is 0 Å². The average molecular weight is 647 g/mol. The summed E-state index contributed by atoms with van der Waals surface area (Å²) in [5.74, 6) is 0. The summed E-state index contributed by atoms with van der Waals surface area (Å²) in [5, 5.41) is 14.7. The van der Waals surface area contributed by atoms with Crippen molar-refractivity contribution < 1.29 is 4.42 Å². The normalized spacial score (nSPS) is 11.9. The van der Waals surface area contributed by atoms with Crippen LogP contribution >= 0.6 is 0 Å². The van der Waals surface area contributed by atoms with Crippen LogP contribution in [0.3, 0.4) is 0 Å². The Bertz CT molecular complexity index is 3130. The van der Waals surface area contributed by atoms with Gasteiger partial charge in [-0.2, -0.15) is 0 Å². The molecule has 236 valence electrons. The zero-order valence-electron chi connectivity index (χ0n) is 27.7. The van der Waals surface area contributed by atoms with E-state index in [2.05, 4.69) is 182 Å². The maximum absolute atomic E-state index is 6.39. The Morgan fingerprint density at radius 3 is 1.51 bits per heavy atom. The van der Waals surface area contributed by atoms with Gasteiger partial charge in [0.05, 0.1) is 0 Å². The highest BCUT2D eigenvalue weighted by Gasteiger charge is 2.18. The number of rotatable bonds is 3. The lowest BCUT2D eigenvalue weighted by atomic mass is 9.84. The van der Waals surface area contributed by atoms with Gasteiger partial charge in [0.1, 0.15) is 11.2 Å². The zero-order valence-corrected chi connectivity index (χ0v) is 27.7. The first-order valence-corrected chi connectivity index (χ1v) is 17.6. The molecule has 0 amide bonds. The number of hydrogen-bond donors (Lipinski definition) is 0. The summed E-state index contributed by atoms with van der Waals surface area (Å²) in [6.45, 7) is 0. The van der Waals surface area contributed by atoms with Crippen LogP contribution in [0.25, 0.3) is 109 Å².